The lowest BCUT2D eigenvalue weighted by molar-refractivity contribution is 0.354. The first-order valence-corrected chi connectivity index (χ1v) is 9.92. The predicted molar refractivity (Wildman–Crippen MR) is 79.6 cm³/mol. The van der Waals surface area contributed by atoms with Crippen molar-refractivity contribution in [3.63, 3.8) is 0 Å². The van der Waals surface area contributed by atoms with Gasteiger partial charge in [-0.25, -0.2) is 16.8 Å². The average molecular weight is 333 g/mol. The van der Waals surface area contributed by atoms with Gasteiger partial charge in [0.05, 0.1) is 23.5 Å². The maximum atomic E-state index is 12.7. The van der Waals surface area contributed by atoms with Crippen molar-refractivity contribution in [1.29, 1.82) is 0 Å². The lowest BCUT2D eigenvalue weighted by atomic mass is 10.3. The van der Waals surface area contributed by atoms with Crippen molar-refractivity contribution in [2.75, 3.05) is 25.2 Å². The predicted octanol–water partition coefficient (Wildman–Crippen LogP) is 0.893. The molecule has 0 aliphatic carbocycles. The van der Waals surface area contributed by atoms with Crippen LogP contribution in [0.3, 0.4) is 0 Å². The summed E-state index contributed by atoms with van der Waals surface area (Å²) in [7, 11) is -5.40. The van der Waals surface area contributed by atoms with E-state index in [2.05, 4.69) is 0 Å². The number of hydrogen-bond acceptors (Lipinski definition) is 5. The van der Waals surface area contributed by atoms with Crippen molar-refractivity contribution < 1.29 is 21.6 Å². The molecule has 1 saturated heterocycles. The van der Waals surface area contributed by atoms with Gasteiger partial charge in [-0.3, -0.25) is 0 Å². The van der Waals surface area contributed by atoms with Crippen LogP contribution in [-0.4, -0.2) is 52.3 Å². The van der Waals surface area contributed by atoms with Gasteiger partial charge in [-0.2, -0.15) is 4.31 Å². The van der Waals surface area contributed by atoms with Gasteiger partial charge < -0.3 is 4.74 Å². The summed E-state index contributed by atoms with van der Waals surface area (Å²) in [6.07, 6.45) is 0.347. The largest absolute Gasteiger partial charge is 0.497 e. The van der Waals surface area contributed by atoms with E-state index in [-0.39, 0.29) is 22.9 Å². The topological polar surface area (TPSA) is 80.8 Å². The first kappa shape index (κ1) is 16.3. The van der Waals surface area contributed by atoms with Crippen molar-refractivity contribution in [3.8, 4) is 5.75 Å². The highest BCUT2D eigenvalue weighted by atomic mass is 32.2. The van der Waals surface area contributed by atoms with Crippen molar-refractivity contribution in [2.45, 2.75) is 24.3 Å². The van der Waals surface area contributed by atoms with Crippen molar-refractivity contribution in [3.05, 3.63) is 24.3 Å². The Hall–Kier alpha value is -1.12. The van der Waals surface area contributed by atoms with Crippen molar-refractivity contribution in [1.82, 2.24) is 4.31 Å². The molecule has 0 radical (unpaired) electrons. The molecule has 0 saturated carbocycles. The molecule has 0 amide bonds. The summed E-state index contributed by atoms with van der Waals surface area (Å²) in [6, 6.07) is 5.71. The normalized spacial score (nSPS) is 21.6. The minimum absolute atomic E-state index is 0.0434. The van der Waals surface area contributed by atoms with Gasteiger partial charge in [-0.05, 0) is 18.6 Å². The Morgan fingerprint density at radius 2 is 2.10 bits per heavy atom. The van der Waals surface area contributed by atoms with E-state index in [0.717, 1.165) is 0 Å². The highest BCUT2D eigenvalue weighted by Crippen LogP contribution is 2.26. The molecule has 0 aromatic heterocycles. The Morgan fingerprint density at radius 1 is 1.38 bits per heavy atom. The van der Waals surface area contributed by atoms with Crippen LogP contribution in [0.4, 0.5) is 0 Å². The zero-order chi connectivity index (χ0) is 15.7. The summed E-state index contributed by atoms with van der Waals surface area (Å²) >= 11 is 0. The van der Waals surface area contributed by atoms with Crippen molar-refractivity contribution >= 4 is 19.9 Å². The van der Waals surface area contributed by atoms with E-state index >= 15 is 0 Å². The first-order chi connectivity index (χ1) is 9.80. The SMILES string of the molecule is CCN(C1CCS(=O)(=O)C1)S(=O)(=O)c1cccc(OC)c1. The molecule has 1 aliphatic heterocycles. The molecule has 1 aromatic rings. The van der Waals surface area contributed by atoms with Gasteiger partial charge in [0.2, 0.25) is 10.0 Å². The van der Waals surface area contributed by atoms with Crippen LogP contribution in [0.1, 0.15) is 13.3 Å². The summed E-state index contributed by atoms with van der Waals surface area (Å²) in [5, 5.41) is 0. The summed E-state index contributed by atoms with van der Waals surface area (Å²) in [6.45, 7) is 1.95. The van der Waals surface area contributed by atoms with Crippen molar-refractivity contribution in [2.24, 2.45) is 0 Å². The van der Waals surface area contributed by atoms with E-state index in [1.807, 2.05) is 0 Å². The maximum absolute atomic E-state index is 12.7. The quantitative estimate of drug-likeness (QED) is 0.799. The van der Waals surface area contributed by atoms with Gasteiger partial charge >= 0.3 is 0 Å². The Kier molecular flexibility index (Phi) is 4.60. The number of nitrogens with zero attached hydrogens (tertiary/aromatic N) is 1. The summed E-state index contributed by atoms with van der Waals surface area (Å²) < 4.78 is 54.9. The second-order valence-electron chi connectivity index (χ2n) is 4.94. The molecular formula is C13H19NO5S2. The zero-order valence-corrected chi connectivity index (χ0v) is 13.7. The number of sulfonamides is 1. The van der Waals surface area contributed by atoms with Gasteiger partial charge in [0.25, 0.3) is 0 Å². The number of ether oxygens (including phenoxy) is 1. The second-order valence-corrected chi connectivity index (χ2v) is 9.06. The molecule has 118 valence electrons. The molecule has 8 heteroatoms. The summed E-state index contributed by atoms with van der Waals surface area (Å²) in [5.74, 6) is 0.387. The molecule has 1 aliphatic rings. The van der Waals surface area contributed by atoms with Gasteiger partial charge in [0.1, 0.15) is 5.75 Å². The third-order valence-corrected chi connectivity index (χ3v) is 7.35. The van der Waals surface area contributed by atoms with Crippen LogP contribution in [0.15, 0.2) is 29.2 Å². The monoisotopic (exact) mass is 333 g/mol. The number of sulfone groups is 1. The van der Waals surface area contributed by atoms with Gasteiger partial charge in [-0.15, -0.1) is 0 Å². The Morgan fingerprint density at radius 3 is 2.62 bits per heavy atom. The standard InChI is InChI=1S/C13H19NO5S2/c1-3-14(11-7-8-20(15,16)10-11)21(17,18)13-6-4-5-12(9-13)19-2/h4-6,9,11H,3,7-8,10H2,1-2H3. The van der Waals surface area contributed by atoms with Gasteiger partial charge in [0.15, 0.2) is 9.84 Å². The maximum Gasteiger partial charge on any atom is 0.243 e. The first-order valence-electron chi connectivity index (χ1n) is 6.66. The van der Waals surface area contributed by atoms with Crippen LogP contribution in [0.2, 0.25) is 0 Å². The molecule has 21 heavy (non-hydrogen) atoms. The molecule has 1 atom stereocenters. The zero-order valence-electron chi connectivity index (χ0n) is 12.0. The third kappa shape index (κ3) is 3.38. The van der Waals surface area contributed by atoms with Crippen LogP contribution >= 0.6 is 0 Å². The van der Waals surface area contributed by atoms with Crippen LogP contribution in [0, 0.1) is 0 Å². The molecule has 6 nitrogen and oxygen atoms in total. The molecule has 1 aromatic carbocycles. The summed E-state index contributed by atoms with van der Waals surface area (Å²) in [5.41, 5.74) is 0. The van der Waals surface area contributed by atoms with Crippen LogP contribution in [0.5, 0.6) is 5.75 Å². The van der Waals surface area contributed by atoms with E-state index in [1.54, 1.807) is 19.1 Å². The Bertz CT molecular complexity index is 712. The summed E-state index contributed by atoms with van der Waals surface area (Å²) in [4.78, 5) is 0.119. The van der Waals surface area contributed by atoms with E-state index in [0.29, 0.717) is 12.2 Å². The Balaban J connectivity index is 2.36. The molecule has 1 heterocycles. The number of hydrogen-bond donors (Lipinski definition) is 0. The number of benzene rings is 1. The lowest BCUT2D eigenvalue weighted by Crippen LogP contribution is -2.40. The smallest absolute Gasteiger partial charge is 0.243 e. The van der Waals surface area contributed by atoms with E-state index in [4.69, 9.17) is 4.74 Å². The second kappa shape index (κ2) is 5.94. The highest BCUT2D eigenvalue weighted by Gasteiger charge is 2.37. The molecule has 0 spiro atoms. The minimum atomic E-state index is -3.73. The Labute approximate surface area is 125 Å². The fraction of sp³-hybridized carbons (Fsp3) is 0.538. The fourth-order valence-corrected chi connectivity index (χ4v) is 6.05. The van der Waals surface area contributed by atoms with E-state index in [9.17, 15) is 16.8 Å². The molecule has 2 rings (SSSR count). The van der Waals surface area contributed by atoms with E-state index < -0.39 is 25.9 Å². The highest BCUT2D eigenvalue weighted by molar-refractivity contribution is 7.92. The van der Waals surface area contributed by atoms with Gasteiger partial charge in [-0.1, -0.05) is 13.0 Å². The molecule has 0 N–H and O–H groups in total. The molecule has 1 unspecified atom stereocenters. The van der Waals surface area contributed by atoms with Crippen LogP contribution in [0.25, 0.3) is 0 Å². The van der Waals surface area contributed by atoms with E-state index in [1.165, 1.54) is 23.5 Å². The minimum Gasteiger partial charge on any atom is -0.497 e. The lowest BCUT2D eigenvalue weighted by Gasteiger charge is -2.26. The van der Waals surface area contributed by atoms with Crippen LogP contribution in [-0.2, 0) is 19.9 Å². The number of rotatable bonds is 5. The molecular weight excluding hydrogens is 314 g/mol. The van der Waals surface area contributed by atoms with Gasteiger partial charge in [0, 0.05) is 18.7 Å². The van der Waals surface area contributed by atoms with Crippen LogP contribution < -0.4 is 4.74 Å². The fourth-order valence-electron chi connectivity index (χ4n) is 2.52. The third-order valence-electron chi connectivity index (χ3n) is 3.58. The number of methoxy groups -OCH3 is 1. The molecule has 1 fully saturated rings. The molecule has 0 bridgehead atoms. The average Bonchev–Trinajstić information content (AvgIpc) is 2.79.